The lowest BCUT2D eigenvalue weighted by Gasteiger charge is -2.46. The first-order valence-corrected chi connectivity index (χ1v) is 23.0. The van der Waals surface area contributed by atoms with Crippen molar-refractivity contribution in [3.8, 4) is 17.5 Å². The van der Waals surface area contributed by atoms with E-state index in [9.17, 15) is 14.4 Å². The first kappa shape index (κ1) is 42.5. The first-order valence-electron chi connectivity index (χ1n) is 20.9. The van der Waals surface area contributed by atoms with Gasteiger partial charge < -0.3 is 23.8 Å². The Morgan fingerprint density at radius 3 is 2.46 bits per heavy atom. The number of esters is 1. The lowest BCUT2D eigenvalue weighted by atomic mass is 9.68. The Morgan fingerprint density at radius 2 is 1.74 bits per heavy atom. The van der Waals surface area contributed by atoms with E-state index < -0.39 is 44.5 Å². The van der Waals surface area contributed by atoms with Crippen LogP contribution < -0.4 is 19.1 Å². The predicted octanol–water partition coefficient (Wildman–Crippen LogP) is 7.02. The van der Waals surface area contributed by atoms with Crippen molar-refractivity contribution in [1.82, 2.24) is 19.6 Å². The van der Waals surface area contributed by atoms with Crippen molar-refractivity contribution in [1.29, 1.82) is 0 Å². The number of aryl methyl sites for hydroxylation is 3. The van der Waals surface area contributed by atoms with Gasteiger partial charge in [0.25, 0.3) is 5.91 Å². The smallest absolute Gasteiger partial charge is 0.345 e. The second kappa shape index (κ2) is 17.0. The second-order valence-corrected chi connectivity index (χ2v) is 20.1. The SMILES string of the molecule is COc1nn(C)cc1C(=O)C[S@@]1(=O)=NC(=O)c2ccc3c(c2)N(C[C@@H]2CC[C@H]2[C@@H](OC(=O)c2cn(C)nc2OC)/C=C/C[C@H](C)[C@H]1C)C[C@@]1(CCCc2cc(Cl)ccc21)CO3. The third-order valence-corrected chi connectivity index (χ3v) is 16.2. The first-order chi connectivity index (χ1) is 29.2. The normalized spacial score (nSPS) is 28.0. The average Bonchev–Trinajstić information content (AvgIpc) is 3.77. The number of hydrogen-bond donors (Lipinski definition) is 0. The summed E-state index contributed by atoms with van der Waals surface area (Å²) in [6.07, 6.45) is 11.3. The maximum absolute atomic E-state index is 15.3. The van der Waals surface area contributed by atoms with Gasteiger partial charge in [-0.05, 0) is 105 Å². The molecule has 1 spiro atoms. The fourth-order valence-electron chi connectivity index (χ4n) is 9.50. The number of fused-ring (bicyclic) bond motifs is 4. The van der Waals surface area contributed by atoms with Crippen molar-refractivity contribution in [2.75, 3.05) is 44.6 Å². The van der Waals surface area contributed by atoms with Gasteiger partial charge in [-0.25, -0.2) is 9.00 Å². The van der Waals surface area contributed by atoms with Gasteiger partial charge in [-0.3, -0.25) is 19.0 Å². The number of anilines is 1. The maximum atomic E-state index is 15.3. The summed E-state index contributed by atoms with van der Waals surface area (Å²) in [6.45, 7) is 5.32. The number of allylic oxidation sites excluding steroid dienone is 1. The minimum atomic E-state index is -3.55. The monoisotopic (exact) mass is 872 g/mol. The molecule has 0 saturated heterocycles. The molecule has 0 unspecified atom stereocenters. The van der Waals surface area contributed by atoms with Crippen LogP contribution >= 0.6 is 11.6 Å². The molecular formula is C45H53ClN6O8S. The van der Waals surface area contributed by atoms with Gasteiger partial charge in [0, 0.05) is 66.7 Å². The minimum absolute atomic E-state index is 0.0272. The zero-order chi connectivity index (χ0) is 43.2. The third kappa shape index (κ3) is 8.30. The molecule has 16 heteroatoms. The Morgan fingerprint density at radius 1 is 1.00 bits per heavy atom. The molecule has 4 heterocycles. The van der Waals surface area contributed by atoms with Gasteiger partial charge in [-0.2, -0.15) is 4.36 Å². The van der Waals surface area contributed by atoms with Gasteiger partial charge in [0.1, 0.15) is 23.0 Å². The molecule has 4 aromatic rings. The Bertz CT molecular complexity index is 2520. The molecule has 1 saturated carbocycles. The number of benzene rings is 2. The largest absolute Gasteiger partial charge is 0.490 e. The van der Waals surface area contributed by atoms with E-state index in [1.54, 1.807) is 45.4 Å². The van der Waals surface area contributed by atoms with Gasteiger partial charge in [-0.15, -0.1) is 10.2 Å². The molecular weight excluding hydrogens is 820 g/mol. The van der Waals surface area contributed by atoms with Crippen LogP contribution in [0.1, 0.15) is 88.2 Å². The number of Topliss-reactive ketones (excluding diaryl/α,β-unsaturated/α-hetero) is 1. The molecule has 324 valence electrons. The van der Waals surface area contributed by atoms with Crippen LogP contribution in [0.2, 0.25) is 5.02 Å². The van der Waals surface area contributed by atoms with E-state index in [1.165, 1.54) is 40.9 Å². The molecule has 2 aliphatic heterocycles. The summed E-state index contributed by atoms with van der Waals surface area (Å²) in [5, 5.41) is 8.47. The van der Waals surface area contributed by atoms with E-state index in [0.717, 1.165) is 37.8 Å². The van der Waals surface area contributed by atoms with Crippen LogP contribution in [0.25, 0.3) is 0 Å². The fraction of sp³-hybridized carbons (Fsp3) is 0.489. The number of ether oxygens (including phenoxy) is 4. The van der Waals surface area contributed by atoms with Crippen LogP contribution in [0.15, 0.2) is 65.3 Å². The highest BCUT2D eigenvalue weighted by Crippen LogP contribution is 2.47. The van der Waals surface area contributed by atoms with Gasteiger partial charge in [0.2, 0.25) is 11.8 Å². The van der Waals surface area contributed by atoms with Gasteiger partial charge >= 0.3 is 5.97 Å². The number of amides is 1. The number of carbonyl (C=O) groups is 3. The van der Waals surface area contributed by atoms with Crippen molar-refractivity contribution in [2.45, 2.75) is 69.1 Å². The van der Waals surface area contributed by atoms with Gasteiger partial charge in [-0.1, -0.05) is 30.7 Å². The highest BCUT2D eigenvalue weighted by Gasteiger charge is 2.45. The average molecular weight is 873 g/mol. The fourth-order valence-corrected chi connectivity index (χ4v) is 11.9. The lowest BCUT2D eigenvalue weighted by molar-refractivity contribution is -0.00231. The Hall–Kier alpha value is -5.15. The highest BCUT2D eigenvalue weighted by molar-refractivity contribution is 7.95. The van der Waals surface area contributed by atoms with Crippen LogP contribution in [-0.4, -0.2) is 92.5 Å². The van der Waals surface area contributed by atoms with Crippen LogP contribution in [0.4, 0.5) is 5.69 Å². The molecule has 14 nitrogen and oxygen atoms in total. The summed E-state index contributed by atoms with van der Waals surface area (Å²) in [6, 6.07) is 11.4. The number of aromatic nitrogens is 4. The molecule has 2 bridgehead atoms. The summed E-state index contributed by atoms with van der Waals surface area (Å²) in [7, 11) is 2.70. The number of methoxy groups -OCH3 is 2. The topological polar surface area (TPSA) is 156 Å². The molecule has 7 atom stereocenters. The van der Waals surface area contributed by atoms with Crippen molar-refractivity contribution < 1.29 is 37.5 Å². The van der Waals surface area contributed by atoms with Crippen LogP contribution in [0.5, 0.6) is 17.5 Å². The number of ketones is 1. The maximum Gasteiger partial charge on any atom is 0.345 e. The van der Waals surface area contributed by atoms with Crippen LogP contribution in [-0.2, 0) is 40.4 Å². The summed E-state index contributed by atoms with van der Waals surface area (Å²) in [4.78, 5) is 44.5. The third-order valence-electron chi connectivity index (χ3n) is 13.2. The molecule has 1 fully saturated rings. The van der Waals surface area contributed by atoms with Crippen molar-refractivity contribution in [2.24, 2.45) is 36.2 Å². The number of nitrogens with zero attached hydrogens (tertiary/aromatic N) is 6. The summed E-state index contributed by atoms with van der Waals surface area (Å²) >= 11 is 6.51. The Kier molecular flexibility index (Phi) is 11.8. The van der Waals surface area contributed by atoms with E-state index in [2.05, 4.69) is 31.6 Å². The molecule has 61 heavy (non-hydrogen) atoms. The van der Waals surface area contributed by atoms with E-state index in [0.29, 0.717) is 36.9 Å². The summed E-state index contributed by atoms with van der Waals surface area (Å²) in [5.74, 6) is -1.52. The quantitative estimate of drug-likeness (QED) is 0.107. The Balaban J connectivity index is 1.23. The summed E-state index contributed by atoms with van der Waals surface area (Å²) < 4.78 is 46.5. The van der Waals surface area contributed by atoms with Crippen LogP contribution in [0, 0.1) is 17.8 Å². The number of carbonyl (C=O) groups excluding carboxylic acids is 3. The highest BCUT2D eigenvalue weighted by atomic mass is 35.5. The molecule has 4 aliphatic rings. The lowest BCUT2D eigenvalue weighted by Crippen LogP contribution is -2.50. The van der Waals surface area contributed by atoms with Crippen LogP contribution in [0.3, 0.4) is 0 Å². The number of rotatable bonds is 7. The van der Waals surface area contributed by atoms with Crippen molar-refractivity contribution in [3.63, 3.8) is 0 Å². The molecule has 2 aromatic heterocycles. The minimum Gasteiger partial charge on any atom is -0.490 e. The van der Waals surface area contributed by atoms with Crippen molar-refractivity contribution >= 4 is 44.7 Å². The van der Waals surface area contributed by atoms with E-state index in [4.69, 9.17) is 30.5 Å². The van der Waals surface area contributed by atoms with E-state index in [-0.39, 0.29) is 51.6 Å². The van der Waals surface area contributed by atoms with Gasteiger partial charge in [0.15, 0.2) is 5.78 Å². The molecule has 8 rings (SSSR count). The summed E-state index contributed by atoms with van der Waals surface area (Å²) in [5.41, 5.74) is 3.40. The zero-order valence-corrected chi connectivity index (χ0v) is 37.0. The van der Waals surface area contributed by atoms with E-state index >= 15 is 4.21 Å². The standard InChI is InChI=1S/C45H53ClN6O8S/c1-27-9-7-11-39(60-44(55)35-23-51(4)48-43(35)58-6)33-15-12-31(33)21-52-25-45(18-8-10-29-19-32(46)14-16-36(29)45)26-59-40-17-13-30(20-37(40)52)41(54)49-61(56,28(27)2)24-38(53)34-22-50(3)47-42(34)57-5/h7,11,13-14,16-17,19-20,22-23,27-28,31,33,39H,8-10,12,15,18,21,24-26H2,1-6H3/b11-7+/t27-,28+,31-,33+,39-,45-,61-/m0/s1. The Labute approximate surface area is 361 Å². The number of hydrogen-bond acceptors (Lipinski definition) is 11. The van der Waals surface area contributed by atoms with E-state index in [1.807, 2.05) is 25.1 Å². The molecule has 0 N–H and O–H groups in total. The molecule has 2 aromatic carbocycles. The van der Waals surface area contributed by atoms with Gasteiger partial charge in [0.05, 0.1) is 42.0 Å². The molecule has 1 amide bonds. The van der Waals surface area contributed by atoms with Crippen molar-refractivity contribution in [3.05, 3.63) is 93.8 Å². The molecule has 2 aliphatic carbocycles. The zero-order valence-electron chi connectivity index (χ0n) is 35.5. The second-order valence-electron chi connectivity index (χ2n) is 17.1. The number of halogens is 1. The molecule has 0 radical (unpaired) electrons. The predicted molar refractivity (Wildman–Crippen MR) is 232 cm³/mol.